The smallest absolute Gasteiger partial charge is 0.227 e. The van der Waals surface area contributed by atoms with Crippen molar-refractivity contribution in [1.29, 1.82) is 4.78 Å². The lowest BCUT2D eigenvalue weighted by atomic mass is 11.6. The summed E-state index contributed by atoms with van der Waals surface area (Å²) in [6, 6.07) is 0. The second kappa shape index (κ2) is 3.71. The number of hydrogen-bond acceptors (Lipinski definition) is 6. The van der Waals surface area contributed by atoms with E-state index in [-0.39, 0.29) is 0 Å². The van der Waals surface area contributed by atoms with Crippen molar-refractivity contribution in [3.8, 4) is 0 Å². The van der Waals surface area contributed by atoms with Crippen LogP contribution in [0.3, 0.4) is 0 Å². The summed E-state index contributed by atoms with van der Waals surface area (Å²) in [4.78, 5) is 0. The number of halogens is 6. The van der Waals surface area contributed by atoms with E-state index in [0.717, 1.165) is 0 Å². The zero-order chi connectivity index (χ0) is 14.5. The Labute approximate surface area is 89.2 Å². The Morgan fingerprint density at radius 3 is 0.941 bits per heavy atom. The summed E-state index contributed by atoms with van der Waals surface area (Å²) in [6.45, 7) is 0. The quantitative estimate of drug-likeness (QED) is 0.593. The van der Waals surface area contributed by atoms with Crippen molar-refractivity contribution >= 4 is 25.5 Å². The van der Waals surface area contributed by atoms with Crippen molar-refractivity contribution in [2.75, 3.05) is 0 Å². The van der Waals surface area contributed by atoms with Crippen molar-refractivity contribution in [2.45, 2.75) is 11.0 Å². The Bertz CT molecular complexity index is 554. The maximum absolute atomic E-state index is 11.7. The van der Waals surface area contributed by atoms with Gasteiger partial charge >= 0.3 is 28.8 Å². The molecule has 0 rings (SSSR count). The molecule has 0 heterocycles. The van der Waals surface area contributed by atoms with Crippen LogP contribution in [-0.4, -0.2) is 32.1 Å². The third kappa shape index (κ3) is 2.22. The molecule has 0 aliphatic carbocycles. The second-order valence-electron chi connectivity index (χ2n) is 2.25. The predicted octanol–water partition coefficient (Wildman–Crippen LogP) is 0.732. The highest BCUT2D eigenvalue weighted by atomic mass is 33.6. The molecular weight excluding hydrogens is 328 g/mol. The van der Waals surface area contributed by atoms with E-state index in [0.29, 0.717) is 0 Å². The van der Waals surface area contributed by atoms with Crippen LogP contribution in [0, 0.1) is 4.78 Å². The van der Waals surface area contributed by atoms with Gasteiger partial charge in [0.05, 0.1) is 0 Å². The normalized spacial score (nSPS) is 15.9. The molecule has 0 fully saturated rings. The fourth-order valence-corrected chi connectivity index (χ4v) is 6.81. The van der Waals surface area contributed by atoms with Gasteiger partial charge in [-0.05, 0) is 0 Å². The highest BCUT2D eigenvalue weighted by molar-refractivity contribution is 8.99. The molecule has 0 spiro atoms. The van der Waals surface area contributed by atoms with Gasteiger partial charge in [-0.3, -0.25) is 0 Å². The zero-order valence-corrected chi connectivity index (χ0v) is 9.48. The lowest BCUT2D eigenvalue weighted by Crippen LogP contribution is -2.40. The molecule has 0 aromatic carbocycles. The molecule has 0 bridgehead atoms. The molecule has 104 valence electrons. The van der Waals surface area contributed by atoms with E-state index in [1.807, 2.05) is 0 Å². The predicted molar refractivity (Wildman–Crippen MR) is 40.8 cm³/mol. The van der Waals surface area contributed by atoms with Gasteiger partial charge in [-0.15, -0.1) is 0 Å². The number of nitrogens with one attached hydrogen (secondary N) is 1. The van der Waals surface area contributed by atoms with Gasteiger partial charge in [-0.1, -0.05) is 0 Å². The van der Waals surface area contributed by atoms with Gasteiger partial charge in [0, 0.05) is 0 Å². The molecular formula is C2HF6NO5S3. The van der Waals surface area contributed by atoms with Crippen molar-refractivity contribution < 1.29 is 47.4 Å². The largest absolute Gasteiger partial charge is 0.511 e. The molecule has 6 nitrogen and oxygen atoms in total. The number of hydrogen-bond donors (Lipinski definition) is 1. The average Bonchev–Trinajstić information content (AvgIpc) is 1.98. The van der Waals surface area contributed by atoms with Gasteiger partial charge in [-0.25, -0.2) is 25.8 Å². The molecule has 0 aromatic heterocycles. The number of rotatable bonds is 2. The summed E-state index contributed by atoms with van der Waals surface area (Å²) in [5.74, 6) is 0. The standard InChI is InChI=1S/C2HF6NO5S3/c3-1(4,5)15(10,11)17(9,14)16(12,13)2(6,7)8/h9H. The number of alkyl halides is 6. The second-order valence-corrected chi connectivity index (χ2v) is 12.0. The molecule has 0 saturated carbocycles. The highest BCUT2D eigenvalue weighted by Gasteiger charge is 2.65. The zero-order valence-electron chi connectivity index (χ0n) is 7.03. The lowest BCUT2D eigenvalue weighted by molar-refractivity contribution is -0.0417. The Balaban J connectivity index is 6.37. The van der Waals surface area contributed by atoms with Gasteiger partial charge < -0.3 is 0 Å². The minimum atomic E-state index is -7.33. The van der Waals surface area contributed by atoms with Crippen LogP contribution in [0.5, 0.6) is 0 Å². The van der Waals surface area contributed by atoms with Gasteiger partial charge in [0.2, 0.25) is 0 Å². The van der Waals surface area contributed by atoms with Crippen LogP contribution in [0.1, 0.15) is 0 Å². The summed E-state index contributed by atoms with van der Waals surface area (Å²) in [5, 5.41) is 0. The molecule has 15 heteroatoms. The van der Waals surface area contributed by atoms with Crippen molar-refractivity contribution in [3.63, 3.8) is 0 Å². The third-order valence-corrected chi connectivity index (χ3v) is 11.3. The molecule has 0 radical (unpaired) electrons. The minimum absolute atomic E-state index is 5.95. The van der Waals surface area contributed by atoms with Crippen LogP contribution in [0.15, 0.2) is 0 Å². The van der Waals surface area contributed by atoms with Crippen LogP contribution >= 0.6 is 0 Å². The minimum Gasteiger partial charge on any atom is -0.227 e. The first kappa shape index (κ1) is 16.4. The summed E-state index contributed by atoms with van der Waals surface area (Å²) < 4.78 is 128. The van der Waals surface area contributed by atoms with Gasteiger partial charge in [0.15, 0.2) is 0 Å². The van der Waals surface area contributed by atoms with Crippen molar-refractivity contribution in [1.82, 2.24) is 0 Å². The first-order valence-corrected chi connectivity index (χ1v) is 8.47. The molecule has 17 heavy (non-hydrogen) atoms. The van der Waals surface area contributed by atoms with Crippen LogP contribution in [-0.2, 0) is 25.5 Å². The fraction of sp³-hybridized carbons (Fsp3) is 1.00. The van der Waals surface area contributed by atoms with Gasteiger partial charge in [-0.2, -0.15) is 26.3 Å². The fourth-order valence-electron chi connectivity index (χ4n) is 0.367. The maximum atomic E-state index is 11.7. The van der Waals surface area contributed by atoms with Gasteiger partial charge in [0.1, 0.15) is 0 Å². The molecule has 0 aromatic rings. The molecule has 1 N–H and O–H groups in total. The van der Waals surface area contributed by atoms with Crippen molar-refractivity contribution in [2.24, 2.45) is 0 Å². The Kier molecular flexibility index (Phi) is 3.59. The van der Waals surface area contributed by atoms with Crippen LogP contribution in [0.4, 0.5) is 26.3 Å². The molecule has 0 unspecified atom stereocenters. The van der Waals surface area contributed by atoms with Crippen LogP contribution in [0.2, 0.25) is 0 Å². The SMILES string of the molecule is N=S(=O)(S(=O)(=O)C(F)(F)F)S(=O)(=O)C(F)(F)F. The lowest BCUT2D eigenvalue weighted by Gasteiger charge is -2.13. The topological polar surface area (TPSA) is 109 Å². The highest BCUT2D eigenvalue weighted by Crippen LogP contribution is 2.37. The van der Waals surface area contributed by atoms with E-state index in [9.17, 15) is 47.4 Å². The maximum Gasteiger partial charge on any atom is 0.511 e. The van der Waals surface area contributed by atoms with Gasteiger partial charge in [0.25, 0.3) is 7.79 Å². The molecule has 0 atom stereocenters. The van der Waals surface area contributed by atoms with E-state index >= 15 is 0 Å². The average molecular weight is 329 g/mol. The molecule has 0 amide bonds. The van der Waals surface area contributed by atoms with E-state index in [2.05, 4.69) is 0 Å². The van der Waals surface area contributed by atoms with Crippen LogP contribution in [0.25, 0.3) is 0 Å². The summed E-state index contributed by atoms with van der Waals surface area (Å²) in [6.07, 6.45) is 0. The summed E-state index contributed by atoms with van der Waals surface area (Å²) in [7, 11) is -21.7. The first-order valence-electron chi connectivity index (χ1n) is 2.91. The van der Waals surface area contributed by atoms with Crippen molar-refractivity contribution in [3.05, 3.63) is 0 Å². The summed E-state index contributed by atoms with van der Waals surface area (Å²) in [5.41, 5.74) is -13.1. The molecule has 0 saturated heterocycles. The monoisotopic (exact) mass is 329 g/mol. The van der Waals surface area contributed by atoms with E-state index < -0.39 is 36.5 Å². The van der Waals surface area contributed by atoms with E-state index in [1.54, 1.807) is 0 Å². The Morgan fingerprint density at radius 2 is 0.824 bits per heavy atom. The van der Waals surface area contributed by atoms with Crippen LogP contribution < -0.4 is 0 Å². The Morgan fingerprint density at radius 1 is 0.647 bits per heavy atom. The third-order valence-electron chi connectivity index (χ3n) is 1.14. The molecule has 0 aliphatic rings. The molecule has 0 aliphatic heterocycles. The van der Waals surface area contributed by atoms with E-state index in [1.165, 1.54) is 0 Å². The first-order chi connectivity index (χ1) is 7.00. The Hall–Kier alpha value is -0.570. The summed E-state index contributed by atoms with van der Waals surface area (Å²) >= 11 is 0. The van der Waals surface area contributed by atoms with E-state index in [4.69, 9.17) is 4.78 Å².